The van der Waals surface area contributed by atoms with E-state index in [1.54, 1.807) is 30.3 Å². The lowest BCUT2D eigenvalue weighted by atomic mass is 10.0. The molecule has 0 saturated heterocycles. The first-order valence-electron chi connectivity index (χ1n) is 7.44. The molecule has 0 unspecified atom stereocenters. The van der Waals surface area contributed by atoms with Crippen molar-refractivity contribution in [1.82, 2.24) is 0 Å². The Morgan fingerprint density at radius 1 is 0.692 bits per heavy atom. The minimum absolute atomic E-state index is 0.0408. The lowest BCUT2D eigenvalue weighted by Crippen LogP contribution is -2.14. The predicted molar refractivity (Wildman–Crippen MR) is 95.8 cm³/mol. The van der Waals surface area contributed by atoms with Crippen molar-refractivity contribution in [3.05, 3.63) is 60.7 Å². The first-order chi connectivity index (χ1) is 12.3. The number of aromatic hydroxyl groups is 4. The van der Waals surface area contributed by atoms with Gasteiger partial charge in [0.2, 0.25) is 0 Å². The molecule has 0 radical (unpaired) electrons. The van der Waals surface area contributed by atoms with Crippen LogP contribution in [0.4, 0.5) is 5.69 Å². The number of phenols is 4. The number of para-hydroxylation sites is 1. The zero-order valence-electron chi connectivity index (χ0n) is 13.3. The molecule has 0 atom stereocenters. The molecule has 0 saturated carbocycles. The van der Waals surface area contributed by atoms with Crippen molar-refractivity contribution in [1.29, 1.82) is 0 Å². The highest BCUT2D eigenvalue weighted by atomic mass is 32.2. The normalized spacial score (nSPS) is 11.2. The lowest BCUT2D eigenvalue weighted by molar-refractivity contribution is 0.402. The van der Waals surface area contributed by atoms with E-state index in [-0.39, 0.29) is 21.8 Å². The second-order valence-electron chi connectivity index (χ2n) is 5.51. The summed E-state index contributed by atoms with van der Waals surface area (Å²) in [7, 11) is -4.12. The van der Waals surface area contributed by atoms with E-state index in [0.29, 0.717) is 5.69 Å². The van der Waals surface area contributed by atoms with Crippen molar-refractivity contribution in [3.63, 3.8) is 0 Å². The van der Waals surface area contributed by atoms with Crippen molar-refractivity contribution in [2.24, 2.45) is 0 Å². The van der Waals surface area contributed by atoms with Gasteiger partial charge in [0, 0.05) is 17.3 Å². The summed E-state index contributed by atoms with van der Waals surface area (Å²) >= 11 is 0. The molecule has 3 aromatic rings. The molecule has 0 aliphatic carbocycles. The predicted octanol–water partition coefficient (Wildman–Crippen LogP) is 2.98. The first kappa shape index (κ1) is 17.4. The van der Waals surface area contributed by atoms with Crippen LogP contribution in [-0.4, -0.2) is 28.8 Å². The van der Waals surface area contributed by atoms with E-state index in [1.807, 2.05) is 0 Å². The van der Waals surface area contributed by atoms with E-state index >= 15 is 0 Å². The molecule has 26 heavy (non-hydrogen) atoms. The Bertz CT molecular complexity index is 1060. The number of anilines is 1. The summed E-state index contributed by atoms with van der Waals surface area (Å²) in [4.78, 5) is -0.304. The highest BCUT2D eigenvalue weighted by Crippen LogP contribution is 2.39. The molecule has 5 N–H and O–H groups in total. The Kier molecular flexibility index (Phi) is 4.35. The number of rotatable bonds is 4. The Hall–Kier alpha value is -3.39. The van der Waals surface area contributed by atoms with Gasteiger partial charge in [-0.05, 0) is 35.9 Å². The minimum atomic E-state index is -4.12. The fourth-order valence-corrected chi connectivity index (χ4v) is 3.70. The van der Waals surface area contributed by atoms with Crippen LogP contribution in [0, 0.1) is 0 Å². The quantitative estimate of drug-likeness (QED) is 0.448. The third-order valence-electron chi connectivity index (χ3n) is 3.68. The molecule has 0 fully saturated rings. The van der Waals surface area contributed by atoms with Crippen LogP contribution in [-0.2, 0) is 10.0 Å². The number of benzene rings is 3. The van der Waals surface area contributed by atoms with Crippen molar-refractivity contribution < 1.29 is 28.8 Å². The van der Waals surface area contributed by atoms with Crippen LogP contribution in [0.5, 0.6) is 23.0 Å². The van der Waals surface area contributed by atoms with Crippen LogP contribution in [0.15, 0.2) is 65.6 Å². The molecule has 3 aromatic carbocycles. The number of hydrogen-bond acceptors (Lipinski definition) is 6. The van der Waals surface area contributed by atoms with Crippen LogP contribution >= 0.6 is 0 Å². The highest BCUT2D eigenvalue weighted by Gasteiger charge is 2.23. The molecule has 7 nitrogen and oxygen atoms in total. The maximum atomic E-state index is 12.8. The van der Waals surface area contributed by atoms with Crippen molar-refractivity contribution in [2.75, 3.05) is 4.72 Å². The van der Waals surface area contributed by atoms with Gasteiger partial charge in [0.1, 0.15) is 0 Å². The van der Waals surface area contributed by atoms with Gasteiger partial charge in [-0.1, -0.05) is 24.3 Å². The number of sulfonamides is 1. The maximum Gasteiger partial charge on any atom is 0.262 e. The van der Waals surface area contributed by atoms with Crippen molar-refractivity contribution in [3.8, 4) is 34.1 Å². The van der Waals surface area contributed by atoms with Crippen molar-refractivity contribution in [2.45, 2.75) is 4.90 Å². The summed E-state index contributed by atoms with van der Waals surface area (Å²) in [5, 5.41) is 38.7. The van der Waals surface area contributed by atoms with Crippen LogP contribution in [0.3, 0.4) is 0 Å². The topological polar surface area (TPSA) is 127 Å². The Labute approximate surface area is 149 Å². The van der Waals surface area contributed by atoms with Gasteiger partial charge >= 0.3 is 0 Å². The minimum Gasteiger partial charge on any atom is -0.504 e. The smallest absolute Gasteiger partial charge is 0.262 e. The van der Waals surface area contributed by atoms with Gasteiger partial charge in [0.15, 0.2) is 23.0 Å². The Balaban J connectivity index is 2.17. The molecule has 0 aliphatic heterocycles. The fraction of sp³-hybridized carbons (Fsp3) is 0. The monoisotopic (exact) mass is 373 g/mol. The largest absolute Gasteiger partial charge is 0.504 e. The second-order valence-corrected chi connectivity index (χ2v) is 7.16. The van der Waals surface area contributed by atoms with E-state index < -0.39 is 27.3 Å². The molecule has 3 rings (SSSR count). The third kappa shape index (κ3) is 3.35. The van der Waals surface area contributed by atoms with Crippen LogP contribution in [0.2, 0.25) is 0 Å². The average molecular weight is 373 g/mol. The van der Waals surface area contributed by atoms with Crippen molar-refractivity contribution >= 4 is 15.7 Å². The molecule has 0 aromatic heterocycles. The standard InChI is InChI=1S/C18H15NO6S/c20-14-7-6-11(8-15(14)21)13-9-16(22)17(23)10-18(13)26(24,25)19-12-4-2-1-3-5-12/h1-10,19-23H. The summed E-state index contributed by atoms with van der Waals surface area (Å²) < 4.78 is 28.0. The maximum absolute atomic E-state index is 12.8. The third-order valence-corrected chi connectivity index (χ3v) is 5.10. The zero-order chi connectivity index (χ0) is 18.9. The Morgan fingerprint density at radius 3 is 1.96 bits per heavy atom. The van der Waals surface area contributed by atoms with Gasteiger partial charge in [-0.15, -0.1) is 0 Å². The molecule has 0 amide bonds. The molecular weight excluding hydrogens is 358 g/mol. The Morgan fingerprint density at radius 2 is 1.31 bits per heavy atom. The number of nitrogens with one attached hydrogen (secondary N) is 1. The zero-order valence-corrected chi connectivity index (χ0v) is 14.1. The summed E-state index contributed by atoms with van der Waals surface area (Å²) in [5.74, 6) is -1.95. The van der Waals surface area contributed by atoms with E-state index in [0.717, 1.165) is 18.2 Å². The van der Waals surface area contributed by atoms with E-state index in [2.05, 4.69) is 4.72 Å². The molecule has 0 bridgehead atoms. The van der Waals surface area contributed by atoms with Crippen LogP contribution in [0.25, 0.3) is 11.1 Å². The lowest BCUT2D eigenvalue weighted by Gasteiger charge is -2.14. The molecule has 8 heteroatoms. The average Bonchev–Trinajstić information content (AvgIpc) is 2.60. The molecule has 0 heterocycles. The van der Waals surface area contributed by atoms with Gasteiger partial charge in [-0.3, -0.25) is 4.72 Å². The number of hydrogen-bond donors (Lipinski definition) is 5. The van der Waals surface area contributed by atoms with Gasteiger partial charge in [-0.2, -0.15) is 0 Å². The fourth-order valence-electron chi connectivity index (χ4n) is 2.41. The number of phenolic OH excluding ortho intramolecular Hbond substituents is 4. The molecule has 0 spiro atoms. The van der Waals surface area contributed by atoms with Gasteiger partial charge in [0.05, 0.1) is 4.90 Å². The molecule has 0 aliphatic rings. The molecular formula is C18H15NO6S. The van der Waals surface area contributed by atoms with E-state index in [9.17, 15) is 28.8 Å². The second kappa shape index (κ2) is 6.49. The summed E-state index contributed by atoms with van der Waals surface area (Å²) in [5.41, 5.74) is 0.586. The van der Waals surface area contributed by atoms with E-state index in [1.165, 1.54) is 12.1 Å². The SMILES string of the molecule is O=S(=O)(Nc1ccccc1)c1cc(O)c(O)cc1-c1ccc(O)c(O)c1. The van der Waals surface area contributed by atoms with E-state index in [4.69, 9.17) is 0 Å². The van der Waals surface area contributed by atoms with Gasteiger partial charge < -0.3 is 20.4 Å². The summed E-state index contributed by atoms with van der Waals surface area (Å²) in [6.45, 7) is 0. The first-order valence-corrected chi connectivity index (χ1v) is 8.92. The summed E-state index contributed by atoms with van der Waals surface area (Å²) in [6.07, 6.45) is 0. The van der Waals surface area contributed by atoms with Gasteiger partial charge in [-0.25, -0.2) is 8.42 Å². The summed E-state index contributed by atoms with van der Waals surface area (Å²) in [6, 6.07) is 13.9. The van der Waals surface area contributed by atoms with Gasteiger partial charge in [0.25, 0.3) is 10.0 Å². The molecule has 134 valence electrons. The highest BCUT2D eigenvalue weighted by molar-refractivity contribution is 7.92. The van der Waals surface area contributed by atoms with Crippen LogP contribution < -0.4 is 4.72 Å². The van der Waals surface area contributed by atoms with Crippen LogP contribution in [0.1, 0.15) is 0 Å².